The maximum atomic E-state index is 12.4. The summed E-state index contributed by atoms with van der Waals surface area (Å²) in [5, 5.41) is 2.89. The molecule has 2 aromatic rings. The number of ether oxygens (including phenoxy) is 2. The zero-order valence-corrected chi connectivity index (χ0v) is 14.8. The van der Waals surface area contributed by atoms with Crippen LogP contribution in [0.25, 0.3) is 0 Å². The van der Waals surface area contributed by atoms with E-state index in [2.05, 4.69) is 12.2 Å². The largest absolute Gasteiger partial charge is 0.482 e. The standard InChI is InChI=1S/C21H23NO4/c1-2-15-8-12-18(13-9-15)25-14-19(23)26-20(16-6-4-3-5-7-16)21(24)22-17-10-11-17/h3-9,12-13,17,20H,2,10-11,14H2,1H3,(H,22,24)/t20-/m0/s1. The molecule has 1 aliphatic rings. The van der Waals surface area contributed by atoms with Crippen molar-refractivity contribution in [3.63, 3.8) is 0 Å². The number of amides is 1. The van der Waals surface area contributed by atoms with Gasteiger partial charge in [-0.25, -0.2) is 4.79 Å². The summed E-state index contributed by atoms with van der Waals surface area (Å²) >= 11 is 0. The van der Waals surface area contributed by atoms with Gasteiger partial charge >= 0.3 is 5.97 Å². The molecule has 0 aromatic heterocycles. The third-order valence-electron chi connectivity index (χ3n) is 4.20. The van der Waals surface area contributed by atoms with E-state index in [4.69, 9.17) is 9.47 Å². The first-order chi connectivity index (χ1) is 12.7. The summed E-state index contributed by atoms with van der Waals surface area (Å²) in [6, 6.07) is 16.8. The predicted octanol–water partition coefficient (Wildman–Crippen LogP) is 3.19. The minimum Gasteiger partial charge on any atom is -0.482 e. The summed E-state index contributed by atoms with van der Waals surface area (Å²) in [5.74, 6) is -0.276. The summed E-state index contributed by atoms with van der Waals surface area (Å²) in [6.07, 6.45) is 1.92. The third-order valence-corrected chi connectivity index (χ3v) is 4.20. The lowest BCUT2D eigenvalue weighted by Gasteiger charge is -2.18. The normalized spacial score (nSPS) is 14.3. The molecule has 0 spiro atoms. The lowest BCUT2D eigenvalue weighted by Crippen LogP contribution is -2.34. The van der Waals surface area contributed by atoms with Crippen molar-refractivity contribution in [2.24, 2.45) is 0 Å². The highest BCUT2D eigenvalue weighted by atomic mass is 16.6. The van der Waals surface area contributed by atoms with Crippen molar-refractivity contribution in [3.8, 4) is 5.75 Å². The van der Waals surface area contributed by atoms with Gasteiger partial charge in [0.1, 0.15) is 5.75 Å². The molecule has 1 atom stereocenters. The summed E-state index contributed by atoms with van der Waals surface area (Å²) in [5.41, 5.74) is 1.84. The number of carbonyl (C=O) groups is 2. The molecule has 26 heavy (non-hydrogen) atoms. The fraction of sp³-hybridized carbons (Fsp3) is 0.333. The Hall–Kier alpha value is -2.82. The monoisotopic (exact) mass is 353 g/mol. The van der Waals surface area contributed by atoms with Crippen LogP contribution in [0.15, 0.2) is 54.6 Å². The Labute approximate surface area is 153 Å². The second-order valence-electron chi connectivity index (χ2n) is 6.35. The van der Waals surface area contributed by atoms with Gasteiger partial charge in [-0.1, -0.05) is 49.4 Å². The molecule has 5 heteroatoms. The van der Waals surface area contributed by atoms with Crippen LogP contribution in [0.1, 0.15) is 37.0 Å². The highest BCUT2D eigenvalue weighted by Crippen LogP contribution is 2.23. The number of benzene rings is 2. The van der Waals surface area contributed by atoms with Crippen molar-refractivity contribution in [2.75, 3.05) is 6.61 Å². The molecular formula is C21H23NO4. The minimum absolute atomic E-state index is 0.195. The lowest BCUT2D eigenvalue weighted by molar-refractivity contribution is -0.158. The number of hydrogen-bond acceptors (Lipinski definition) is 4. The Morgan fingerprint density at radius 3 is 2.38 bits per heavy atom. The van der Waals surface area contributed by atoms with Gasteiger partial charge in [-0.15, -0.1) is 0 Å². The van der Waals surface area contributed by atoms with Gasteiger partial charge in [0.05, 0.1) is 0 Å². The van der Waals surface area contributed by atoms with Crippen molar-refractivity contribution >= 4 is 11.9 Å². The second kappa shape index (κ2) is 8.52. The Morgan fingerprint density at radius 2 is 1.77 bits per heavy atom. The van der Waals surface area contributed by atoms with E-state index in [1.54, 1.807) is 12.1 Å². The maximum absolute atomic E-state index is 12.4. The van der Waals surface area contributed by atoms with Gasteiger partial charge < -0.3 is 14.8 Å². The average Bonchev–Trinajstić information content (AvgIpc) is 3.49. The Balaban J connectivity index is 1.59. The van der Waals surface area contributed by atoms with Crippen LogP contribution in [0, 0.1) is 0 Å². The van der Waals surface area contributed by atoms with Gasteiger partial charge in [-0.05, 0) is 37.0 Å². The first kappa shape index (κ1) is 18.0. The van der Waals surface area contributed by atoms with E-state index in [1.807, 2.05) is 42.5 Å². The van der Waals surface area contributed by atoms with Gasteiger partial charge in [0, 0.05) is 11.6 Å². The predicted molar refractivity (Wildman–Crippen MR) is 97.8 cm³/mol. The maximum Gasteiger partial charge on any atom is 0.345 e. The van der Waals surface area contributed by atoms with Crippen LogP contribution < -0.4 is 10.1 Å². The van der Waals surface area contributed by atoms with Crippen LogP contribution in [0.3, 0.4) is 0 Å². The fourth-order valence-electron chi connectivity index (χ4n) is 2.53. The molecule has 0 heterocycles. The lowest BCUT2D eigenvalue weighted by atomic mass is 10.1. The van der Waals surface area contributed by atoms with Gasteiger partial charge in [0.2, 0.25) is 6.10 Å². The van der Waals surface area contributed by atoms with E-state index >= 15 is 0 Å². The van der Waals surface area contributed by atoms with Gasteiger partial charge in [-0.3, -0.25) is 4.79 Å². The van der Waals surface area contributed by atoms with Crippen LogP contribution >= 0.6 is 0 Å². The third kappa shape index (κ3) is 5.09. The van der Waals surface area contributed by atoms with E-state index in [-0.39, 0.29) is 18.6 Å². The molecule has 5 nitrogen and oxygen atoms in total. The smallest absolute Gasteiger partial charge is 0.345 e. The first-order valence-corrected chi connectivity index (χ1v) is 8.92. The fourth-order valence-corrected chi connectivity index (χ4v) is 2.53. The molecule has 1 fully saturated rings. The van der Waals surface area contributed by atoms with Crippen LogP contribution in [-0.4, -0.2) is 24.5 Å². The number of hydrogen-bond donors (Lipinski definition) is 1. The molecule has 136 valence electrons. The van der Waals surface area contributed by atoms with Crippen molar-refractivity contribution in [1.82, 2.24) is 5.32 Å². The zero-order chi connectivity index (χ0) is 18.4. The molecule has 0 aliphatic heterocycles. The van der Waals surface area contributed by atoms with Gasteiger partial charge in [0.25, 0.3) is 5.91 Å². The number of rotatable bonds is 8. The molecular weight excluding hydrogens is 330 g/mol. The topological polar surface area (TPSA) is 64.6 Å². The second-order valence-corrected chi connectivity index (χ2v) is 6.35. The molecule has 0 bridgehead atoms. The van der Waals surface area contributed by atoms with E-state index < -0.39 is 12.1 Å². The Kier molecular flexibility index (Phi) is 5.89. The van der Waals surface area contributed by atoms with Crippen molar-refractivity contribution < 1.29 is 19.1 Å². The Morgan fingerprint density at radius 1 is 1.08 bits per heavy atom. The number of nitrogens with one attached hydrogen (secondary N) is 1. The van der Waals surface area contributed by atoms with Crippen LogP contribution in [0.4, 0.5) is 0 Å². The van der Waals surface area contributed by atoms with Gasteiger partial charge in [-0.2, -0.15) is 0 Å². The van der Waals surface area contributed by atoms with E-state index in [9.17, 15) is 9.59 Å². The molecule has 1 aliphatic carbocycles. The van der Waals surface area contributed by atoms with Crippen molar-refractivity contribution in [2.45, 2.75) is 38.3 Å². The summed E-state index contributed by atoms with van der Waals surface area (Å²) in [6.45, 7) is 1.83. The Bertz CT molecular complexity index is 738. The van der Waals surface area contributed by atoms with Crippen LogP contribution in [0.5, 0.6) is 5.75 Å². The summed E-state index contributed by atoms with van der Waals surface area (Å²) in [4.78, 5) is 24.6. The summed E-state index contributed by atoms with van der Waals surface area (Å²) < 4.78 is 10.9. The molecule has 2 aromatic carbocycles. The molecule has 1 amide bonds. The van der Waals surface area contributed by atoms with E-state index in [0.29, 0.717) is 11.3 Å². The van der Waals surface area contributed by atoms with Crippen molar-refractivity contribution in [3.05, 3.63) is 65.7 Å². The van der Waals surface area contributed by atoms with E-state index in [1.165, 1.54) is 5.56 Å². The highest BCUT2D eigenvalue weighted by Gasteiger charge is 2.30. The molecule has 0 saturated heterocycles. The van der Waals surface area contributed by atoms with Crippen molar-refractivity contribution in [1.29, 1.82) is 0 Å². The highest BCUT2D eigenvalue weighted by molar-refractivity contribution is 5.85. The molecule has 1 N–H and O–H groups in total. The number of carbonyl (C=O) groups excluding carboxylic acids is 2. The number of esters is 1. The molecule has 3 rings (SSSR count). The summed E-state index contributed by atoms with van der Waals surface area (Å²) in [7, 11) is 0. The zero-order valence-electron chi connectivity index (χ0n) is 14.8. The molecule has 1 saturated carbocycles. The van der Waals surface area contributed by atoms with Gasteiger partial charge in [0.15, 0.2) is 6.61 Å². The van der Waals surface area contributed by atoms with E-state index in [0.717, 1.165) is 19.3 Å². The quantitative estimate of drug-likeness (QED) is 0.740. The molecule has 0 unspecified atom stereocenters. The first-order valence-electron chi connectivity index (χ1n) is 8.92. The average molecular weight is 353 g/mol. The van der Waals surface area contributed by atoms with Crippen LogP contribution in [0.2, 0.25) is 0 Å². The molecule has 0 radical (unpaired) electrons. The minimum atomic E-state index is -0.963. The SMILES string of the molecule is CCc1ccc(OCC(=O)O[C@H](C(=O)NC2CC2)c2ccccc2)cc1. The number of aryl methyl sites for hydroxylation is 1. The van der Waals surface area contributed by atoms with Crippen LogP contribution in [-0.2, 0) is 20.7 Å².